The highest BCUT2D eigenvalue weighted by molar-refractivity contribution is 5.97. The smallest absolute Gasteiger partial charge is 0.182 e. The first-order chi connectivity index (χ1) is 13.6. The molecule has 0 radical (unpaired) electrons. The Bertz CT molecular complexity index is 1130. The molecular weight excluding hydrogens is 353 g/mol. The second-order valence-electron chi connectivity index (χ2n) is 6.79. The van der Waals surface area contributed by atoms with Crippen LogP contribution in [-0.4, -0.2) is 10.4 Å². The molecule has 4 aromatic rings. The molecule has 0 saturated heterocycles. The second-order valence-corrected chi connectivity index (χ2v) is 6.79. The summed E-state index contributed by atoms with van der Waals surface area (Å²) in [5.41, 5.74) is 3.01. The number of ether oxygens (including phenoxy) is 1. The Morgan fingerprint density at radius 1 is 1.00 bits per heavy atom. The molecule has 28 heavy (non-hydrogen) atoms. The number of hydrogen-bond donors (Lipinski definition) is 0. The summed E-state index contributed by atoms with van der Waals surface area (Å²) in [7, 11) is 0. The standard InChI is InChI=1S/C24H20FNO2/c1-17-14-19(10-11-21(17)25)23(27)15-26-13-12-20-22(26)8-5-9-24(20)28-16-18-6-3-2-4-7-18/h2-14H,15-16H2,1H3. The maximum Gasteiger partial charge on any atom is 0.182 e. The maximum absolute atomic E-state index is 13.5. The lowest BCUT2D eigenvalue weighted by molar-refractivity contribution is 0.0973. The van der Waals surface area contributed by atoms with E-state index >= 15 is 0 Å². The molecular formula is C24H20FNO2. The molecule has 4 rings (SSSR count). The number of benzene rings is 3. The van der Waals surface area contributed by atoms with Gasteiger partial charge in [-0.05, 0) is 54.4 Å². The summed E-state index contributed by atoms with van der Waals surface area (Å²) in [6.45, 7) is 2.34. The fourth-order valence-corrected chi connectivity index (χ4v) is 3.26. The van der Waals surface area contributed by atoms with Crippen LogP contribution >= 0.6 is 0 Å². The summed E-state index contributed by atoms with van der Waals surface area (Å²) in [5.74, 6) is 0.421. The van der Waals surface area contributed by atoms with Gasteiger partial charge in [-0.1, -0.05) is 36.4 Å². The highest BCUT2D eigenvalue weighted by Gasteiger charge is 2.12. The van der Waals surface area contributed by atoms with Gasteiger partial charge in [0, 0.05) is 17.1 Å². The minimum absolute atomic E-state index is 0.0591. The predicted octanol–water partition coefficient (Wildman–Crippen LogP) is 5.55. The molecule has 0 saturated carbocycles. The molecule has 0 fully saturated rings. The summed E-state index contributed by atoms with van der Waals surface area (Å²) in [5, 5.41) is 0.960. The third kappa shape index (κ3) is 3.67. The van der Waals surface area contributed by atoms with Gasteiger partial charge in [-0.15, -0.1) is 0 Å². The third-order valence-electron chi connectivity index (χ3n) is 4.80. The molecule has 0 bridgehead atoms. The van der Waals surface area contributed by atoms with Crippen LogP contribution in [0.1, 0.15) is 21.5 Å². The molecule has 0 unspecified atom stereocenters. The van der Waals surface area contributed by atoms with Crippen LogP contribution in [0, 0.1) is 12.7 Å². The van der Waals surface area contributed by atoms with Gasteiger partial charge >= 0.3 is 0 Å². The van der Waals surface area contributed by atoms with E-state index in [1.165, 1.54) is 12.1 Å². The van der Waals surface area contributed by atoms with E-state index in [1.54, 1.807) is 13.0 Å². The quantitative estimate of drug-likeness (QED) is 0.415. The van der Waals surface area contributed by atoms with Crippen molar-refractivity contribution in [3.8, 4) is 5.75 Å². The molecule has 0 aliphatic heterocycles. The van der Waals surface area contributed by atoms with Gasteiger partial charge in [0.25, 0.3) is 0 Å². The lowest BCUT2D eigenvalue weighted by Gasteiger charge is -2.09. The largest absolute Gasteiger partial charge is 0.488 e. The van der Waals surface area contributed by atoms with Crippen molar-refractivity contribution in [2.24, 2.45) is 0 Å². The van der Waals surface area contributed by atoms with Gasteiger partial charge in [0.1, 0.15) is 18.2 Å². The van der Waals surface area contributed by atoms with Crippen LogP contribution in [0.3, 0.4) is 0 Å². The van der Waals surface area contributed by atoms with E-state index in [0.29, 0.717) is 17.7 Å². The topological polar surface area (TPSA) is 31.2 Å². The van der Waals surface area contributed by atoms with Crippen molar-refractivity contribution in [1.82, 2.24) is 4.57 Å². The van der Waals surface area contributed by atoms with E-state index in [1.807, 2.05) is 65.4 Å². The number of hydrogen-bond acceptors (Lipinski definition) is 2. The van der Waals surface area contributed by atoms with E-state index in [4.69, 9.17) is 4.74 Å². The van der Waals surface area contributed by atoms with E-state index in [-0.39, 0.29) is 18.1 Å². The van der Waals surface area contributed by atoms with Crippen molar-refractivity contribution in [1.29, 1.82) is 0 Å². The summed E-state index contributed by atoms with van der Waals surface area (Å²) in [4.78, 5) is 12.6. The normalized spacial score (nSPS) is 10.9. The number of Topliss-reactive ketones (excluding diaryl/α,β-unsaturated/α-hetero) is 1. The molecule has 1 aromatic heterocycles. The van der Waals surface area contributed by atoms with Crippen LogP contribution in [0.4, 0.5) is 4.39 Å². The van der Waals surface area contributed by atoms with Gasteiger partial charge in [-0.2, -0.15) is 0 Å². The van der Waals surface area contributed by atoms with Gasteiger partial charge in [0.05, 0.1) is 12.1 Å². The Morgan fingerprint density at radius 2 is 1.82 bits per heavy atom. The van der Waals surface area contributed by atoms with Crippen molar-refractivity contribution in [2.75, 3.05) is 0 Å². The number of aryl methyl sites for hydroxylation is 1. The lowest BCUT2D eigenvalue weighted by atomic mass is 10.1. The molecule has 140 valence electrons. The molecule has 3 nitrogen and oxygen atoms in total. The summed E-state index contributed by atoms with van der Waals surface area (Å²) in [6.07, 6.45) is 1.88. The van der Waals surface area contributed by atoms with Crippen molar-refractivity contribution in [2.45, 2.75) is 20.1 Å². The van der Waals surface area contributed by atoms with Crippen LogP contribution in [0.2, 0.25) is 0 Å². The molecule has 0 amide bonds. The second kappa shape index (κ2) is 7.69. The zero-order valence-corrected chi connectivity index (χ0v) is 15.6. The van der Waals surface area contributed by atoms with Crippen molar-refractivity contribution in [3.63, 3.8) is 0 Å². The van der Waals surface area contributed by atoms with Gasteiger partial charge in [0.2, 0.25) is 0 Å². The van der Waals surface area contributed by atoms with Gasteiger partial charge in [-0.3, -0.25) is 4.79 Å². The van der Waals surface area contributed by atoms with Crippen LogP contribution in [-0.2, 0) is 13.2 Å². The maximum atomic E-state index is 13.5. The fourth-order valence-electron chi connectivity index (χ4n) is 3.26. The molecule has 3 aromatic carbocycles. The van der Waals surface area contributed by atoms with Gasteiger partial charge in [0.15, 0.2) is 5.78 Å². The zero-order valence-electron chi connectivity index (χ0n) is 15.6. The Morgan fingerprint density at radius 3 is 2.61 bits per heavy atom. The SMILES string of the molecule is Cc1cc(C(=O)Cn2ccc3c(OCc4ccccc4)cccc32)ccc1F. The Labute approximate surface area is 163 Å². The molecule has 1 heterocycles. The molecule has 0 aliphatic carbocycles. The first-order valence-corrected chi connectivity index (χ1v) is 9.16. The van der Waals surface area contributed by atoms with Crippen LogP contribution in [0.25, 0.3) is 10.9 Å². The molecule has 0 atom stereocenters. The van der Waals surface area contributed by atoms with E-state index in [9.17, 15) is 9.18 Å². The highest BCUT2D eigenvalue weighted by atomic mass is 19.1. The van der Waals surface area contributed by atoms with Crippen LogP contribution < -0.4 is 4.74 Å². The number of nitrogens with zero attached hydrogens (tertiary/aromatic N) is 1. The summed E-state index contributed by atoms with van der Waals surface area (Å²) >= 11 is 0. The monoisotopic (exact) mass is 373 g/mol. The van der Waals surface area contributed by atoms with Gasteiger partial charge in [-0.25, -0.2) is 4.39 Å². The average molecular weight is 373 g/mol. The minimum Gasteiger partial charge on any atom is -0.488 e. The number of rotatable bonds is 6. The van der Waals surface area contributed by atoms with E-state index in [2.05, 4.69) is 0 Å². The number of aromatic nitrogens is 1. The molecule has 4 heteroatoms. The molecule has 0 spiro atoms. The number of carbonyl (C=O) groups is 1. The van der Waals surface area contributed by atoms with Crippen molar-refractivity contribution >= 4 is 16.7 Å². The zero-order chi connectivity index (χ0) is 19.5. The van der Waals surface area contributed by atoms with Crippen LogP contribution in [0.5, 0.6) is 5.75 Å². The summed E-state index contributed by atoms with van der Waals surface area (Å²) in [6, 6.07) is 22.2. The summed E-state index contributed by atoms with van der Waals surface area (Å²) < 4.78 is 21.3. The minimum atomic E-state index is -0.303. The highest BCUT2D eigenvalue weighted by Crippen LogP contribution is 2.27. The number of carbonyl (C=O) groups excluding carboxylic acids is 1. The van der Waals surface area contributed by atoms with Gasteiger partial charge < -0.3 is 9.30 Å². The Balaban J connectivity index is 1.55. The van der Waals surface area contributed by atoms with E-state index in [0.717, 1.165) is 22.2 Å². The fraction of sp³-hybridized carbons (Fsp3) is 0.125. The van der Waals surface area contributed by atoms with Crippen molar-refractivity contribution < 1.29 is 13.9 Å². The number of halogens is 1. The van der Waals surface area contributed by atoms with Crippen LogP contribution in [0.15, 0.2) is 79.0 Å². The first kappa shape index (κ1) is 18.0. The predicted molar refractivity (Wildman–Crippen MR) is 108 cm³/mol. The molecule has 0 N–H and O–H groups in total. The van der Waals surface area contributed by atoms with E-state index < -0.39 is 0 Å². The van der Waals surface area contributed by atoms with Crippen molar-refractivity contribution in [3.05, 3.63) is 102 Å². The Kier molecular flexibility index (Phi) is 4.94. The number of ketones is 1. The number of fused-ring (bicyclic) bond motifs is 1. The molecule has 0 aliphatic rings. The lowest BCUT2D eigenvalue weighted by Crippen LogP contribution is -2.10. The Hall–Kier alpha value is -3.40. The first-order valence-electron chi connectivity index (χ1n) is 9.16. The average Bonchev–Trinajstić information content (AvgIpc) is 3.12. The third-order valence-corrected chi connectivity index (χ3v) is 4.80.